The van der Waals surface area contributed by atoms with E-state index in [9.17, 15) is 0 Å². The molecule has 0 aromatic carbocycles. The lowest BCUT2D eigenvalue weighted by Gasteiger charge is -2.29. The SMILES string of the molecule is C=C[Si](CCCCCCCCCCC)(CCCCCCCCCCC)CCCCCCCCCCC. The highest BCUT2D eigenvalue weighted by molar-refractivity contribution is 6.84. The fourth-order valence-corrected chi connectivity index (χ4v) is 10.3. The summed E-state index contributed by atoms with van der Waals surface area (Å²) >= 11 is 0. The normalized spacial score (nSPS) is 11.9. The molecule has 0 aliphatic heterocycles. The summed E-state index contributed by atoms with van der Waals surface area (Å²) in [6.45, 7) is 11.4. The molecule has 0 rings (SSSR count). The van der Waals surface area contributed by atoms with E-state index in [2.05, 4.69) is 33.0 Å². The zero-order chi connectivity index (χ0) is 26.4. The highest BCUT2D eigenvalue weighted by Crippen LogP contribution is 2.31. The molecule has 0 spiro atoms. The van der Waals surface area contributed by atoms with Gasteiger partial charge < -0.3 is 0 Å². The molecule has 0 aromatic heterocycles. The Morgan fingerprint density at radius 3 is 0.722 bits per heavy atom. The van der Waals surface area contributed by atoms with Gasteiger partial charge in [0.1, 0.15) is 0 Å². The van der Waals surface area contributed by atoms with E-state index < -0.39 is 8.07 Å². The molecule has 0 unspecified atom stereocenters. The minimum Gasteiger partial charge on any atom is -0.107 e. The van der Waals surface area contributed by atoms with Crippen molar-refractivity contribution in [2.45, 2.75) is 212 Å². The number of unbranched alkanes of at least 4 members (excludes halogenated alkanes) is 24. The summed E-state index contributed by atoms with van der Waals surface area (Å²) in [5.41, 5.74) is 2.55. The molecule has 0 aliphatic carbocycles. The first-order valence-corrected chi connectivity index (χ1v) is 20.1. The quantitative estimate of drug-likeness (QED) is 0.0629. The van der Waals surface area contributed by atoms with Crippen molar-refractivity contribution in [2.75, 3.05) is 0 Å². The van der Waals surface area contributed by atoms with Gasteiger partial charge in [0.25, 0.3) is 0 Å². The van der Waals surface area contributed by atoms with Crippen molar-refractivity contribution >= 4 is 8.07 Å². The van der Waals surface area contributed by atoms with E-state index in [1.165, 1.54) is 173 Å². The number of hydrogen-bond acceptors (Lipinski definition) is 0. The zero-order valence-electron chi connectivity index (χ0n) is 26.0. The van der Waals surface area contributed by atoms with Crippen molar-refractivity contribution in [2.24, 2.45) is 0 Å². The molecular formula is C35H72Si. The van der Waals surface area contributed by atoms with E-state index in [0.717, 1.165) is 0 Å². The lowest BCUT2D eigenvalue weighted by Crippen LogP contribution is -2.31. The van der Waals surface area contributed by atoms with Crippen LogP contribution in [0.15, 0.2) is 12.3 Å². The Morgan fingerprint density at radius 1 is 0.333 bits per heavy atom. The highest BCUT2D eigenvalue weighted by atomic mass is 28.3. The first-order chi connectivity index (χ1) is 17.7. The molecule has 0 atom stereocenters. The van der Waals surface area contributed by atoms with E-state index in [4.69, 9.17) is 0 Å². The zero-order valence-corrected chi connectivity index (χ0v) is 27.0. The minimum absolute atomic E-state index is 1.26. The Bertz CT molecular complexity index is 360. The third-order valence-corrected chi connectivity index (χ3v) is 13.7. The number of rotatable bonds is 31. The molecule has 0 radical (unpaired) electrons. The fourth-order valence-electron chi connectivity index (χ4n) is 6.04. The molecule has 216 valence electrons. The fraction of sp³-hybridized carbons (Fsp3) is 0.943. The molecule has 0 aromatic rings. The second kappa shape index (κ2) is 29.5. The maximum atomic E-state index is 4.47. The Morgan fingerprint density at radius 2 is 0.528 bits per heavy atom. The monoisotopic (exact) mass is 521 g/mol. The van der Waals surface area contributed by atoms with Crippen LogP contribution in [0.2, 0.25) is 18.1 Å². The van der Waals surface area contributed by atoms with E-state index in [0.29, 0.717) is 0 Å². The number of hydrogen-bond donors (Lipinski definition) is 0. The third kappa shape index (κ3) is 24.3. The van der Waals surface area contributed by atoms with Gasteiger partial charge in [-0.2, -0.15) is 0 Å². The van der Waals surface area contributed by atoms with Gasteiger partial charge in [-0.3, -0.25) is 0 Å². The molecule has 36 heavy (non-hydrogen) atoms. The van der Waals surface area contributed by atoms with Gasteiger partial charge in [-0.15, -0.1) is 12.3 Å². The molecule has 0 fully saturated rings. The van der Waals surface area contributed by atoms with Gasteiger partial charge in [0, 0.05) is 0 Å². The van der Waals surface area contributed by atoms with Gasteiger partial charge in [-0.1, -0.05) is 212 Å². The van der Waals surface area contributed by atoms with Crippen molar-refractivity contribution in [1.82, 2.24) is 0 Å². The van der Waals surface area contributed by atoms with Crippen molar-refractivity contribution < 1.29 is 0 Å². The molecule has 0 saturated heterocycles. The lowest BCUT2D eigenvalue weighted by molar-refractivity contribution is 0.565. The van der Waals surface area contributed by atoms with Crippen LogP contribution in [0.5, 0.6) is 0 Å². The standard InChI is InChI=1S/C35H72Si/c1-5-9-12-15-18-21-24-27-30-33-36(8-4,34-31-28-25-22-19-16-13-10-6-2)35-32-29-26-23-20-17-14-11-7-3/h8H,4-7,9-35H2,1-3H3. The molecule has 0 N–H and O–H groups in total. The van der Waals surface area contributed by atoms with E-state index >= 15 is 0 Å². The van der Waals surface area contributed by atoms with Crippen LogP contribution in [-0.2, 0) is 0 Å². The molecular weight excluding hydrogens is 448 g/mol. The van der Waals surface area contributed by atoms with Crippen LogP contribution in [0, 0.1) is 0 Å². The average molecular weight is 521 g/mol. The van der Waals surface area contributed by atoms with Gasteiger partial charge in [-0.05, 0) is 0 Å². The predicted molar refractivity (Wildman–Crippen MR) is 172 cm³/mol. The van der Waals surface area contributed by atoms with Crippen LogP contribution >= 0.6 is 0 Å². The van der Waals surface area contributed by atoms with E-state index in [1.807, 2.05) is 0 Å². The van der Waals surface area contributed by atoms with Gasteiger partial charge in [0.15, 0.2) is 0 Å². The molecule has 0 heterocycles. The van der Waals surface area contributed by atoms with Crippen molar-refractivity contribution in [3.05, 3.63) is 12.3 Å². The van der Waals surface area contributed by atoms with E-state index in [1.54, 1.807) is 18.1 Å². The van der Waals surface area contributed by atoms with Crippen molar-refractivity contribution in [1.29, 1.82) is 0 Å². The summed E-state index contributed by atoms with van der Waals surface area (Å²) in [5, 5.41) is 0. The summed E-state index contributed by atoms with van der Waals surface area (Å²) in [5.74, 6) is 0. The molecule has 0 bridgehead atoms. The van der Waals surface area contributed by atoms with Crippen LogP contribution < -0.4 is 0 Å². The Balaban J connectivity index is 4.23. The van der Waals surface area contributed by atoms with Gasteiger partial charge in [0.2, 0.25) is 0 Å². The van der Waals surface area contributed by atoms with Crippen LogP contribution in [0.1, 0.15) is 194 Å². The Kier molecular flexibility index (Phi) is 29.5. The van der Waals surface area contributed by atoms with Crippen molar-refractivity contribution in [3.63, 3.8) is 0 Å². The Hall–Kier alpha value is -0.0431. The summed E-state index contributed by atoms with van der Waals surface area (Å²) in [6.07, 6.45) is 39.4. The second-order valence-electron chi connectivity index (χ2n) is 12.3. The largest absolute Gasteiger partial charge is 0.107 e. The maximum absolute atomic E-state index is 4.47. The molecule has 1 heteroatoms. The maximum Gasteiger partial charge on any atom is 0.0770 e. The summed E-state index contributed by atoms with van der Waals surface area (Å²) in [7, 11) is -1.26. The Labute approximate surface area is 232 Å². The highest BCUT2D eigenvalue weighted by Gasteiger charge is 2.27. The van der Waals surface area contributed by atoms with Crippen molar-refractivity contribution in [3.8, 4) is 0 Å². The molecule has 0 nitrogen and oxygen atoms in total. The molecule has 0 amide bonds. The first-order valence-electron chi connectivity index (χ1n) is 17.4. The topological polar surface area (TPSA) is 0 Å². The first kappa shape index (κ1) is 36.0. The summed E-state index contributed by atoms with van der Waals surface area (Å²) in [4.78, 5) is 0. The van der Waals surface area contributed by atoms with Gasteiger partial charge in [-0.25, -0.2) is 0 Å². The van der Waals surface area contributed by atoms with Crippen LogP contribution in [0.4, 0.5) is 0 Å². The second-order valence-corrected chi connectivity index (χ2v) is 16.9. The molecule has 0 aliphatic rings. The van der Waals surface area contributed by atoms with E-state index in [-0.39, 0.29) is 0 Å². The van der Waals surface area contributed by atoms with Gasteiger partial charge >= 0.3 is 0 Å². The smallest absolute Gasteiger partial charge is 0.0770 e. The van der Waals surface area contributed by atoms with Crippen LogP contribution in [-0.4, -0.2) is 8.07 Å². The van der Waals surface area contributed by atoms with Crippen LogP contribution in [0.25, 0.3) is 0 Å². The predicted octanol–water partition coefficient (Wildman–Crippen LogP) is 13.8. The average Bonchev–Trinajstić information content (AvgIpc) is 2.89. The van der Waals surface area contributed by atoms with Gasteiger partial charge in [0.05, 0.1) is 8.07 Å². The third-order valence-electron chi connectivity index (χ3n) is 8.77. The minimum atomic E-state index is -1.26. The summed E-state index contributed by atoms with van der Waals surface area (Å²) in [6, 6.07) is 4.63. The molecule has 0 saturated carbocycles. The lowest BCUT2D eigenvalue weighted by atomic mass is 10.1. The van der Waals surface area contributed by atoms with Crippen LogP contribution in [0.3, 0.4) is 0 Å². The summed E-state index contributed by atoms with van der Waals surface area (Å²) < 4.78 is 0.